The lowest BCUT2D eigenvalue weighted by molar-refractivity contribution is -0.911. The van der Waals surface area contributed by atoms with Crippen molar-refractivity contribution >= 4 is 11.6 Å². The Morgan fingerprint density at radius 3 is 1.17 bits per heavy atom. The first-order valence-electron chi connectivity index (χ1n) is 16.3. The van der Waals surface area contributed by atoms with Crippen molar-refractivity contribution in [3.63, 3.8) is 0 Å². The summed E-state index contributed by atoms with van der Waals surface area (Å²) in [5.74, 6) is 1.67. The lowest BCUT2D eigenvalue weighted by atomic mass is 9.85. The normalized spacial score (nSPS) is 20.0. The van der Waals surface area contributed by atoms with Crippen LogP contribution in [-0.4, -0.2) is 88.1 Å². The van der Waals surface area contributed by atoms with Crippen LogP contribution in [0.25, 0.3) is 0 Å². The number of hydrogen-bond acceptors (Lipinski definition) is 4. The number of Topliss-reactive ketones (excluding diaryl/α,β-unsaturated/α-hetero) is 2. The third-order valence-corrected chi connectivity index (χ3v) is 9.97. The van der Waals surface area contributed by atoms with Crippen molar-refractivity contribution in [1.29, 1.82) is 0 Å². The summed E-state index contributed by atoms with van der Waals surface area (Å²) in [6.45, 7) is 6.15. The Labute approximate surface area is 254 Å². The van der Waals surface area contributed by atoms with E-state index in [0.29, 0.717) is 0 Å². The molecule has 2 unspecified atom stereocenters. The standard InChI is InChI=1S/C36H54N2O4/c1-37(23-9-5-6-10-24-37)27-31(35(39)29-15-19-33(41-3)20-16-29)13-14-32(28-38(2)25-11-7-8-12-26-38)36(40)30-17-21-34(42-4)22-18-30/h15-22,31-32H,5-14,23-28H2,1-4H3/q+2. The number of quaternary nitrogens is 2. The van der Waals surface area contributed by atoms with Gasteiger partial charge in [-0.25, -0.2) is 0 Å². The van der Waals surface area contributed by atoms with Crippen molar-refractivity contribution in [2.45, 2.75) is 64.2 Å². The van der Waals surface area contributed by atoms with E-state index in [9.17, 15) is 9.59 Å². The monoisotopic (exact) mass is 578 g/mol. The van der Waals surface area contributed by atoms with Gasteiger partial charge in [0.05, 0.1) is 79.4 Å². The van der Waals surface area contributed by atoms with Gasteiger partial charge in [-0.15, -0.1) is 0 Å². The zero-order chi connectivity index (χ0) is 30.0. The predicted molar refractivity (Wildman–Crippen MR) is 169 cm³/mol. The van der Waals surface area contributed by atoms with Gasteiger partial charge >= 0.3 is 0 Å². The Hall–Kier alpha value is -2.70. The number of carbonyl (C=O) groups excluding carboxylic acids is 2. The van der Waals surface area contributed by atoms with Crippen LogP contribution in [0, 0.1) is 11.8 Å². The van der Waals surface area contributed by atoms with E-state index in [2.05, 4.69) is 14.1 Å². The minimum Gasteiger partial charge on any atom is -0.497 e. The molecule has 2 aromatic rings. The van der Waals surface area contributed by atoms with Gasteiger partial charge < -0.3 is 18.4 Å². The van der Waals surface area contributed by atoms with Crippen LogP contribution in [0.2, 0.25) is 0 Å². The molecule has 0 aliphatic carbocycles. The predicted octanol–water partition coefficient (Wildman–Crippen LogP) is 6.82. The number of nitrogens with zero attached hydrogens (tertiary/aromatic N) is 2. The zero-order valence-electron chi connectivity index (χ0n) is 26.6. The molecule has 2 heterocycles. The molecule has 6 heteroatoms. The lowest BCUT2D eigenvalue weighted by Gasteiger charge is -2.38. The van der Waals surface area contributed by atoms with Gasteiger partial charge in [0.2, 0.25) is 0 Å². The highest BCUT2D eigenvalue weighted by Crippen LogP contribution is 2.29. The molecule has 2 atom stereocenters. The molecular weight excluding hydrogens is 524 g/mol. The number of benzene rings is 2. The Morgan fingerprint density at radius 1 is 0.571 bits per heavy atom. The SMILES string of the molecule is COc1ccc(C(=O)C(CCC(C[N+]2(C)CCCCCC2)C(=O)c2ccc(OC)cc2)C[N+]2(C)CCCCCC2)cc1. The highest BCUT2D eigenvalue weighted by molar-refractivity contribution is 5.99. The zero-order valence-corrected chi connectivity index (χ0v) is 26.6. The Bertz CT molecular complexity index is 1040. The molecule has 0 bridgehead atoms. The summed E-state index contributed by atoms with van der Waals surface area (Å²) >= 11 is 0. The number of likely N-dealkylation sites (tertiary alicyclic amines) is 2. The molecule has 230 valence electrons. The number of ketones is 2. The fourth-order valence-electron chi connectivity index (χ4n) is 7.33. The van der Waals surface area contributed by atoms with Gasteiger partial charge in [0, 0.05) is 11.1 Å². The number of methoxy groups -OCH3 is 2. The van der Waals surface area contributed by atoms with Crippen molar-refractivity contribution in [2.24, 2.45) is 11.8 Å². The topological polar surface area (TPSA) is 52.6 Å². The van der Waals surface area contributed by atoms with E-state index in [-0.39, 0.29) is 23.4 Å². The summed E-state index contributed by atoms with van der Waals surface area (Å²) < 4.78 is 12.6. The molecule has 4 rings (SSSR count). The first-order chi connectivity index (χ1) is 20.2. The minimum absolute atomic E-state index is 0.123. The smallest absolute Gasteiger partial charge is 0.171 e. The summed E-state index contributed by atoms with van der Waals surface area (Å²) in [5.41, 5.74) is 1.48. The summed E-state index contributed by atoms with van der Waals surface area (Å²) in [5, 5.41) is 0. The maximum Gasteiger partial charge on any atom is 0.171 e. The molecule has 2 fully saturated rings. The van der Waals surface area contributed by atoms with Crippen LogP contribution in [0.3, 0.4) is 0 Å². The van der Waals surface area contributed by atoms with Crippen molar-refractivity contribution in [2.75, 3.05) is 67.6 Å². The van der Waals surface area contributed by atoms with Crippen LogP contribution >= 0.6 is 0 Å². The molecule has 2 aliphatic rings. The average molecular weight is 579 g/mol. The van der Waals surface area contributed by atoms with Crippen molar-refractivity contribution in [3.05, 3.63) is 59.7 Å². The third-order valence-electron chi connectivity index (χ3n) is 9.97. The summed E-state index contributed by atoms with van der Waals surface area (Å²) in [6, 6.07) is 15.1. The first-order valence-corrected chi connectivity index (χ1v) is 16.3. The van der Waals surface area contributed by atoms with Crippen molar-refractivity contribution in [1.82, 2.24) is 0 Å². The molecule has 0 N–H and O–H groups in total. The molecule has 42 heavy (non-hydrogen) atoms. The van der Waals surface area contributed by atoms with Gasteiger partial charge in [-0.3, -0.25) is 9.59 Å². The quantitative estimate of drug-likeness (QED) is 0.193. The molecule has 2 aromatic carbocycles. The molecule has 0 amide bonds. The van der Waals surface area contributed by atoms with Gasteiger partial charge in [-0.05, 0) is 113 Å². The molecule has 2 saturated heterocycles. The second kappa shape index (κ2) is 15.2. The summed E-state index contributed by atoms with van der Waals surface area (Å²) in [7, 11) is 7.97. The second-order valence-corrected chi connectivity index (χ2v) is 13.5. The van der Waals surface area contributed by atoms with Gasteiger partial charge in [-0.1, -0.05) is 0 Å². The number of hydrogen-bond donors (Lipinski definition) is 0. The molecule has 0 saturated carbocycles. The van der Waals surface area contributed by atoms with Crippen LogP contribution in [0.5, 0.6) is 11.5 Å². The Morgan fingerprint density at radius 2 is 0.881 bits per heavy atom. The molecule has 0 spiro atoms. The Kier molecular flexibility index (Phi) is 11.6. The molecule has 0 aromatic heterocycles. The van der Waals surface area contributed by atoms with Gasteiger partial charge in [0.1, 0.15) is 11.5 Å². The van der Waals surface area contributed by atoms with Gasteiger partial charge in [0.15, 0.2) is 11.6 Å². The largest absolute Gasteiger partial charge is 0.497 e. The molecular formula is C36H54N2O4+2. The van der Waals surface area contributed by atoms with E-state index < -0.39 is 0 Å². The fraction of sp³-hybridized carbons (Fsp3) is 0.611. The van der Waals surface area contributed by atoms with E-state index in [0.717, 1.165) is 83.7 Å². The number of rotatable bonds is 13. The third kappa shape index (κ3) is 8.90. The summed E-state index contributed by atoms with van der Waals surface area (Å²) in [4.78, 5) is 28.2. The second-order valence-electron chi connectivity index (χ2n) is 13.5. The number of carbonyl (C=O) groups is 2. The fourth-order valence-corrected chi connectivity index (χ4v) is 7.33. The highest BCUT2D eigenvalue weighted by Gasteiger charge is 2.36. The molecule has 0 radical (unpaired) electrons. The van der Waals surface area contributed by atoms with Crippen LogP contribution in [0.1, 0.15) is 84.9 Å². The maximum atomic E-state index is 14.1. The van der Waals surface area contributed by atoms with Crippen LogP contribution in [0.4, 0.5) is 0 Å². The van der Waals surface area contributed by atoms with Crippen LogP contribution < -0.4 is 9.47 Å². The lowest BCUT2D eigenvalue weighted by Crippen LogP contribution is -2.50. The first kappa shape index (κ1) is 32.2. The highest BCUT2D eigenvalue weighted by atomic mass is 16.5. The molecule has 2 aliphatic heterocycles. The maximum absolute atomic E-state index is 14.1. The number of ether oxygens (including phenoxy) is 2. The van der Waals surface area contributed by atoms with Gasteiger partial charge in [-0.2, -0.15) is 0 Å². The van der Waals surface area contributed by atoms with E-state index in [1.807, 2.05) is 48.5 Å². The van der Waals surface area contributed by atoms with E-state index in [1.54, 1.807) is 14.2 Å². The van der Waals surface area contributed by atoms with E-state index in [1.165, 1.54) is 51.4 Å². The summed E-state index contributed by atoms with van der Waals surface area (Å²) in [6.07, 6.45) is 11.4. The van der Waals surface area contributed by atoms with E-state index >= 15 is 0 Å². The average Bonchev–Trinajstić information content (AvgIpc) is 3.37. The minimum atomic E-state index is -0.123. The van der Waals surface area contributed by atoms with Crippen molar-refractivity contribution < 1.29 is 28.0 Å². The van der Waals surface area contributed by atoms with E-state index in [4.69, 9.17) is 9.47 Å². The molecule has 6 nitrogen and oxygen atoms in total. The Balaban J connectivity index is 1.59. The van der Waals surface area contributed by atoms with Crippen molar-refractivity contribution in [3.8, 4) is 11.5 Å². The van der Waals surface area contributed by atoms with Crippen LogP contribution in [0.15, 0.2) is 48.5 Å². The van der Waals surface area contributed by atoms with Crippen LogP contribution in [-0.2, 0) is 0 Å². The van der Waals surface area contributed by atoms with Gasteiger partial charge in [0.25, 0.3) is 0 Å².